The van der Waals surface area contributed by atoms with Gasteiger partial charge in [0.15, 0.2) is 0 Å². The number of carbonyl (C=O) groups is 1. The lowest BCUT2D eigenvalue weighted by atomic mass is 9.76. The smallest absolute Gasteiger partial charge is 0.335 e. The fourth-order valence-corrected chi connectivity index (χ4v) is 1.78. The van der Waals surface area contributed by atoms with Crippen LogP contribution in [-0.2, 0) is 0 Å². The lowest BCUT2D eigenvalue weighted by Crippen LogP contribution is -2.22. The van der Waals surface area contributed by atoms with Crippen LogP contribution >= 0.6 is 0 Å². The number of hydrogen-bond donors (Lipinski definition) is 1. The molecular weight excluding hydrogens is 207 g/mol. The van der Waals surface area contributed by atoms with Crippen molar-refractivity contribution in [1.29, 1.82) is 0 Å². The molecule has 0 aliphatic heterocycles. The zero-order chi connectivity index (χ0) is 12.3. The topological polar surface area (TPSA) is 37.3 Å². The van der Waals surface area contributed by atoms with E-state index in [4.69, 9.17) is 5.11 Å². The minimum Gasteiger partial charge on any atom is -0.478 e. The number of carboxylic acids is 1. The molecule has 2 nitrogen and oxygen atoms in total. The average Bonchev–Trinajstić information content (AvgIpc) is 2.17. The molecular formula is C13H17FO2. The van der Waals surface area contributed by atoms with Gasteiger partial charge >= 0.3 is 5.97 Å². The summed E-state index contributed by atoms with van der Waals surface area (Å²) in [6.07, 6.45) is 0. The van der Waals surface area contributed by atoms with Crippen LogP contribution in [0.25, 0.3) is 0 Å². The molecule has 0 spiro atoms. The molecule has 0 amide bonds. The van der Waals surface area contributed by atoms with E-state index in [1.54, 1.807) is 18.2 Å². The standard InChI is InChI=1S/C13H17FO2/c1-13(2,3)11(8-14)9-6-4-5-7-10(9)12(15)16/h4-7,11H,8H2,1-3H3,(H,15,16). The second-order valence-electron chi connectivity index (χ2n) is 4.97. The molecule has 1 unspecified atom stereocenters. The van der Waals surface area contributed by atoms with Crippen molar-refractivity contribution in [3.05, 3.63) is 35.4 Å². The Balaban J connectivity index is 3.25. The van der Waals surface area contributed by atoms with Crippen LogP contribution in [0.3, 0.4) is 0 Å². The number of carboxylic acid groups (broad SMARTS) is 1. The van der Waals surface area contributed by atoms with Gasteiger partial charge in [-0.1, -0.05) is 39.0 Å². The van der Waals surface area contributed by atoms with Crippen molar-refractivity contribution in [3.8, 4) is 0 Å². The van der Waals surface area contributed by atoms with Gasteiger partial charge in [0.25, 0.3) is 0 Å². The van der Waals surface area contributed by atoms with Gasteiger partial charge in [0.2, 0.25) is 0 Å². The van der Waals surface area contributed by atoms with Crippen LogP contribution in [0.1, 0.15) is 42.6 Å². The summed E-state index contributed by atoms with van der Waals surface area (Å²) in [7, 11) is 0. The summed E-state index contributed by atoms with van der Waals surface area (Å²) in [6.45, 7) is 5.19. The summed E-state index contributed by atoms with van der Waals surface area (Å²) in [6, 6.07) is 6.62. The summed E-state index contributed by atoms with van der Waals surface area (Å²) in [5, 5.41) is 9.05. The van der Waals surface area contributed by atoms with Crippen molar-refractivity contribution in [3.63, 3.8) is 0 Å². The summed E-state index contributed by atoms with van der Waals surface area (Å²) >= 11 is 0. The van der Waals surface area contributed by atoms with E-state index in [0.717, 1.165) is 0 Å². The molecule has 0 aliphatic rings. The number of aromatic carboxylic acids is 1. The van der Waals surface area contributed by atoms with Gasteiger partial charge in [-0.25, -0.2) is 4.79 Å². The van der Waals surface area contributed by atoms with Crippen molar-refractivity contribution >= 4 is 5.97 Å². The Kier molecular flexibility index (Phi) is 3.68. The Labute approximate surface area is 95.1 Å². The van der Waals surface area contributed by atoms with Gasteiger partial charge in [0.1, 0.15) is 0 Å². The SMILES string of the molecule is CC(C)(C)C(CF)c1ccccc1C(=O)O. The summed E-state index contributed by atoms with van der Waals surface area (Å²) in [5.41, 5.74) is 0.477. The van der Waals surface area contributed by atoms with Gasteiger partial charge in [0, 0.05) is 5.92 Å². The van der Waals surface area contributed by atoms with E-state index in [9.17, 15) is 9.18 Å². The molecule has 0 fully saturated rings. The van der Waals surface area contributed by atoms with Crippen molar-refractivity contribution < 1.29 is 14.3 Å². The molecule has 0 aromatic heterocycles. The summed E-state index contributed by atoms with van der Waals surface area (Å²) < 4.78 is 13.1. The van der Waals surface area contributed by atoms with Crippen molar-refractivity contribution in [1.82, 2.24) is 0 Å². The predicted molar refractivity (Wildman–Crippen MR) is 61.6 cm³/mol. The number of halogens is 1. The van der Waals surface area contributed by atoms with E-state index in [-0.39, 0.29) is 16.9 Å². The van der Waals surface area contributed by atoms with E-state index in [1.807, 2.05) is 20.8 Å². The molecule has 0 aliphatic carbocycles. The van der Waals surface area contributed by atoms with Gasteiger partial charge in [0.05, 0.1) is 12.2 Å². The van der Waals surface area contributed by atoms with Crippen LogP contribution in [0, 0.1) is 5.41 Å². The fourth-order valence-electron chi connectivity index (χ4n) is 1.78. The second kappa shape index (κ2) is 4.64. The normalized spacial score (nSPS) is 13.5. The molecule has 1 aromatic rings. The minimum absolute atomic E-state index is 0.195. The van der Waals surface area contributed by atoms with Gasteiger partial charge in [-0.3, -0.25) is 4.39 Å². The van der Waals surface area contributed by atoms with Crippen LogP contribution < -0.4 is 0 Å². The Bertz CT molecular complexity index is 380. The fraction of sp³-hybridized carbons (Fsp3) is 0.462. The van der Waals surface area contributed by atoms with Crippen LogP contribution in [-0.4, -0.2) is 17.8 Å². The third-order valence-corrected chi connectivity index (χ3v) is 2.77. The zero-order valence-electron chi connectivity index (χ0n) is 9.83. The molecule has 1 aromatic carbocycles. The highest BCUT2D eigenvalue weighted by molar-refractivity contribution is 5.89. The maximum absolute atomic E-state index is 13.1. The molecule has 0 saturated heterocycles. The molecule has 0 saturated carbocycles. The highest BCUT2D eigenvalue weighted by Crippen LogP contribution is 2.36. The summed E-state index contributed by atoms with van der Waals surface area (Å²) in [5.74, 6) is -1.39. The van der Waals surface area contributed by atoms with Gasteiger partial charge in [-0.2, -0.15) is 0 Å². The van der Waals surface area contributed by atoms with Crippen LogP contribution in [0.5, 0.6) is 0 Å². The Morgan fingerprint density at radius 1 is 1.38 bits per heavy atom. The van der Waals surface area contributed by atoms with E-state index < -0.39 is 12.6 Å². The molecule has 16 heavy (non-hydrogen) atoms. The lowest BCUT2D eigenvalue weighted by molar-refractivity contribution is 0.0694. The Morgan fingerprint density at radius 3 is 2.38 bits per heavy atom. The highest BCUT2D eigenvalue weighted by atomic mass is 19.1. The first-order chi connectivity index (χ1) is 7.38. The first-order valence-corrected chi connectivity index (χ1v) is 5.26. The van der Waals surface area contributed by atoms with Crippen molar-refractivity contribution in [2.75, 3.05) is 6.67 Å². The molecule has 1 N–H and O–H groups in total. The molecule has 0 heterocycles. The maximum Gasteiger partial charge on any atom is 0.335 e. The molecule has 0 bridgehead atoms. The molecule has 0 radical (unpaired) electrons. The van der Waals surface area contributed by atoms with Crippen LogP contribution in [0.4, 0.5) is 4.39 Å². The number of rotatable bonds is 3. The third kappa shape index (κ3) is 2.60. The Hall–Kier alpha value is -1.38. The predicted octanol–water partition coefficient (Wildman–Crippen LogP) is 3.48. The monoisotopic (exact) mass is 224 g/mol. The Morgan fingerprint density at radius 2 is 1.94 bits per heavy atom. The zero-order valence-corrected chi connectivity index (χ0v) is 9.83. The van der Waals surface area contributed by atoms with Crippen molar-refractivity contribution in [2.45, 2.75) is 26.7 Å². The molecule has 1 rings (SSSR count). The van der Waals surface area contributed by atoms with Crippen LogP contribution in [0.15, 0.2) is 24.3 Å². The first-order valence-electron chi connectivity index (χ1n) is 5.26. The minimum atomic E-state index is -1.00. The van der Waals surface area contributed by atoms with E-state index in [0.29, 0.717) is 5.56 Å². The third-order valence-electron chi connectivity index (χ3n) is 2.77. The van der Waals surface area contributed by atoms with Crippen LogP contribution in [0.2, 0.25) is 0 Å². The quantitative estimate of drug-likeness (QED) is 0.853. The number of alkyl halides is 1. The van der Waals surface area contributed by atoms with E-state index in [2.05, 4.69) is 0 Å². The van der Waals surface area contributed by atoms with Gasteiger partial charge in [-0.05, 0) is 17.0 Å². The van der Waals surface area contributed by atoms with Crippen molar-refractivity contribution in [2.24, 2.45) is 5.41 Å². The summed E-state index contributed by atoms with van der Waals surface area (Å²) in [4.78, 5) is 11.0. The first kappa shape index (κ1) is 12.7. The largest absolute Gasteiger partial charge is 0.478 e. The molecule has 88 valence electrons. The maximum atomic E-state index is 13.1. The number of hydrogen-bond acceptors (Lipinski definition) is 1. The lowest BCUT2D eigenvalue weighted by Gasteiger charge is -2.29. The van der Waals surface area contributed by atoms with Gasteiger partial charge < -0.3 is 5.11 Å². The van der Waals surface area contributed by atoms with E-state index >= 15 is 0 Å². The molecule has 1 atom stereocenters. The average molecular weight is 224 g/mol. The second-order valence-corrected chi connectivity index (χ2v) is 4.97. The molecule has 3 heteroatoms. The van der Waals surface area contributed by atoms with E-state index in [1.165, 1.54) is 6.07 Å². The van der Waals surface area contributed by atoms with Gasteiger partial charge in [-0.15, -0.1) is 0 Å². The highest BCUT2D eigenvalue weighted by Gasteiger charge is 2.29. The number of benzene rings is 1.